The molecule has 1 atom stereocenters. The number of fused-ring (bicyclic) bond motifs is 1. The van der Waals surface area contributed by atoms with Gasteiger partial charge in [-0.05, 0) is 54.3 Å². The van der Waals surface area contributed by atoms with E-state index in [1.54, 1.807) is 6.92 Å². The normalized spacial score (nSPS) is 13.4. The second-order valence-electron chi connectivity index (χ2n) is 10.4. The molecule has 0 fully saturated rings. The molecule has 1 unspecified atom stereocenters. The molecule has 0 spiro atoms. The molecule has 224 valence electrons. The van der Waals surface area contributed by atoms with Gasteiger partial charge in [-0.3, -0.25) is 13.9 Å². The fourth-order valence-electron chi connectivity index (χ4n) is 4.57. The van der Waals surface area contributed by atoms with Gasteiger partial charge < -0.3 is 19.7 Å². The summed E-state index contributed by atoms with van der Waals surface area (Å²) in [7, 11) is -4.35. The van der Waals surface area contributed by atoms with Crippen molar-refractivity contribution in [3.05, 3.63) is 84.2 Å². The summed E-state index contributed by atoms with van der Waals surface area (Å²) >= 11 is 0. The number of amides is 2. The van der Waals surface area contributed by atoms with Crippen LogP contribution in [0.4, 0.5) is 10.1 Å². The molecule has 0 radical (unpaired) electrons. The Morgan fingerprint density at radius 1 is 0.952 bits per heavy atom. The molecule has 1 N–H and O–H groups in total. The molecule has 1 aliphatic heterocycles. The first-order valence-electron chi connectivity index (χ1n) is 13.9. The van der Waals surface area contributed by atoms with Crippen LogP contribution in [0.3, 0.4) is 0 Å². The van der Waals surface area contributed by atoms with Crippen molar-refractivity contribution < 1.29 is 31.9 Å². The van der Waals surface area contributed by atoms with Crippen molar-refractivity contribution in [2.45, 2.75) is 44.7 Å². The van der Waals surface area contributed by atoms with Gasteiger partial charge in [-0.2, -0.15) is 0 Å². The van der Waals surface area contributed by atoms with Crippen LogP contribution in [0.5, 0.6) is 11.5 Å². The molecule has 1 aliphatic rings. The third-order valence-electron chi connectivity index (χ3n) is 6.76. The first-order chi connectivity index (χ1) is 20.1. The minimum absolute atomic E-state index is 0.0919. The van der Waals surface area contributed by atoms with E-state index >= 15 is 0 Å². The van der Waals surface area contributed by atoms with E-state index in [2.05, 4.69) is 5.32 Å². The molecule has 0 aliphatic carbocycles. The molecular formula is C31H36FN3O6S. The molecule has 4 rings (SSSR count). The van der Waals surface area contributed by atoms with Crippen LogP contribution in [0, 0.1) is 11.7 Å². The average Bonchev–Trinajstić information content (AvgIpc) is 2.99. The van der Waals surface area contributed by atoms with Crippen molar-refractivity contribution in [2.24, 2.45) is 5.92 Å². The highest BCUT2D eigenvalue weighted by atomic mass is 32.2. The lowest BCUT2D eigenvalue weighted by Gasteiger charge is -2.33. The lowest BCUT2D eigenvalue weighted by Crippen LogP contribution is -2.52. The van der Waals surface area contributed by atoms with Gasteiger partial charge in [0.25, 0.3) is 10.0 Å². The van der Waals surface area contributed by atoms with Crippen molar-refractivity contribution in [1.29, 1.82) is 0 Å². The number of ether oxygens (including phenoxy) is 2. The van der Waals surface area contributed by atoms with Crippen LogP contribution in [0.1, 0.15) is 32.8 Å². The summed E-state index contributed by atoms with van der Waals surface area (Å²) in [6.07, 6.45) is 0.313. The van der Waals surface area contributed by atoms with E-state index in [-0.39, 0.29) is 41.3 Å². The summed E-state index contributed by atoms with van der Waals surface area (Å²) in [6.45, 7) is 6.25. The number of anilines is 1. The second-order valence-corrected chi connectivity index (χ2v) is 12.2. The van der Waals surface area contributed by atoms with Gasteiger partial charge >= 0.3 is 0 Å². The van der Waals surface area contributed by atoms with E-state index < -0.39 is 34.3 Å². The molecule has 0 saturated heterocycles. The van der Waals surface area contributed by atoms with Gasteiger partial charge in [0.15, 0.2) is 11.5 Å². The SMILES string of the molecule is CCC(C(=O)NCC(C)C)N(Cc1ccccc1)C(=O)CN(c1ccc(F)cc1)S(=O)(=O)c1ccc2c(c1)OCCO2. The lowest BCUT2D eigenvalue weighted by molar-refractivity contribution is -0.140. The van der Waals surface area contributed by atoms with Crippen LogP contribution in [0.25, 0.3) is 0 Å². The Bertz CT molecular complexity index is 1480. The van der Waals surface area contributed by atoms with Gasteiger partial charge in [-0.1, -0.05) is 51.1 Å². The Balaban J connectivity index is 1.72. The number of carbonyl (C=O) groups excluding carboxylic acids is 2. The minimum atomic E-state index is -4.35. The topological polar surface area (TPSA) is 105 Å². The predicted molar refractivity (Wildman–Crippen MR) is 157 cm³/mol. The van der Waals surface area contributed by atoms with Gasteiger partial charge in [0.1, 0.15) is 31.6 Å². The van der Waals surface area contributed by atoms with Gasteiger partial charge in [-0.25, -0.2) is 12.8 Å². The number of halogens is 1. The maximum atomic E-state index is 14.1. The highest BCUT2D eigenvalue weighted by Gasteiger charge is 2.34. The summed E-state index contributed by atoms with van der Waals surface area (Å²) in [5.41, 5.74) is 0.876. The summed E-state index contributed by atoms with van der Waals surface area (Å²) < 4.78 is 54.0. The van der Waals surface area contributed by atoms with E-state index in [9.17, 15) is 22.4 Å². The molecule has 42 heavy (non-hydrogen) atoms. The number of rotatable bonds is 12. The monoisotopic (exact) mass is 597 g/mol. The number of hydrogen-bond donors (Lipinski definition) is 1. The van der Waals surface area contributed by atoms with E-state index in [4.69, 9.17) is 9.47 Å². The fraction of sp³-hybridized carbons (Fsp3) is 0.355. The summed E-state index contributed by atoms with van der Waals surface area (Å²) in [6, 6.07) is 17.4. The Labute approximate surface area is 246 Å². The van der Waals surface area contributed by atoms with E-state index in [0.717, 1.165) is 22.0 Å². The molecule has 1 heterocycles. The standard InChI is InChI=1S/C31H36FN3O6S/c1-4-27(31(37)33-19-22(2)3)34(20-23-8-6-5-7-9-23)30(36)21-35(25-12-10-24(32)11-13-25)42(38,39)26-14-15-28-29(18-26)41-17-16-40-28/h5-15,18,22,27H,4,16-17,19-21H2,1-3H3,(H,33,37). The van der Waals surface area contributed by atoms with E-state index in [1.165, 1.54) is 35.2 Å². The highest BCUT2D eigenvalue weighted by Crippen LogP contribution is 2.34. The average molecular weight is 598 g/mol. The maximum absolute atomic E-state index is 14.1. The maximum Gasteiger partial charge on any atom is 0.264 e. The zero-order valence-corrected chi connectivity index (χ0v) is 24.8. The summed E-state index contributed by atoms with van der Waals surface area (Å²) in [4.78, 5) is 28.6. The molecular weight excluding hydrogens is 561 g/mol. The highest BCUT2D eigenvalue weighted by molar-refractivity contribution is 7.92. The van der Waals surface area contributed by atoms with Crippen molar-refractivity contribution >= 4 is 27.5 Å². The predicted octanol–water partition coefficient (Wildman–Crippen LogP) is 4.37. The Kier molecular flexibility index (Phi) is 10.1. The van der Waals surface area contributed by atoms with Crippen LogP contribution in [-0.2, 0) is 26.2 Å². The molecule has 9 nitrogen and oxygen atoms in total. The number of sulfonamides is 1. The number of benzene rings is 3. The van der Waals surface area contributed by atoms with Crippen LogP contribution < -0.4 is 19.1 Å². The van der Waals surface area contributed by atoms with Gasteiger partial charge in [0.2, 0.25) is 11.8 Å². The number of nitrogens with one attached hydrogen (secondary N) is 1. The second kappa shape index (κ2) is 13.7. The smallest absolute Gasteiger partial charge is 0.264 e. The van der Waals surface area contributed by atoms with Gasteiger partial charge in [0.05, 0.1) is 10.6 Å². The lowest BCUT2D eigenvalue weighted by atomic mass is 10.1. The zero-order chi connectivity index (χ0) is 30.3. The summed E-state index contributed by atoms with van der Waals surface area (Å²) in [5.74, 6) is -0.576. The Hall–Kier alpha value is -4.12. The van der Waals surface area contributed by atoms with Gasteiger partial charge in [-0.15, -0.1) is 0 Å². The molecule has 0 saturated carbocycles. The molecule has 2 amide bonds. The number of nitrogens with zero attached hydrogens (tertiary/aromatic N) is 2. The van der Waals surface area contributed by atoms with E-state index in [0.29, 0.717) is 25.3 Å². The molecule has 0 bridgehead atoms. The molecule has 3 aromatic rings. The van der Waals surface area contributed by atoms with Crippen LogP contribution in [-0.4, -0.2) is 57.5 Å². The molecule has 3 aromatic carbocycles. The van der Waals surface area contributed by atoms with Crippen LogP contribution in [0.15, 0.2) is 77.7 Å². The van der Waals surface area contributed by atoms with Crippen LogP contribution >= 0.6 is 0 Å². The van der Waals surface area contributed by atoms with E-state index in [1.807, 2.05) is 44.2 Å². The van der Waals surface area contributed by atoms with Gasteiger partial charge in [0, 0.05) is 19.2 Å². The van der Waals surface area contributed by atoms with Crippen molar-refractivity contribution in [1.82, 2.24) is 10.2 Å². The van der Waals surface area contributed by atoms with Crippen molar-refractivity contribution in [2.75, 3.05) is 30.6 Å². The quantitative estimate of drug-likeness (QED) is 0.333. The number of hydrogen-bond acceptors (Lipinski definition) is 6. The summed E-state index contributed by atoms with van der Waals surface area (Å²) in [5, 5.41) is 2.90. The Morgan fingerprint density at radius 2 is 1.62 bits per heavy atom. The van der Waals surface area contributed by atoms with Crippen molar-refractivity contribution in [3.63, 3.8) is 0 Å². The fourth-order valence-corrected chi connectivity index (χ4v) is 6.00. The molecule has 11 heteroatoms. The minimum Gasteiger partial charge on any atom is -0.486 e. The third-order valence-corrected chi connectivity index (χ3v) is 8.53. The third kappa shape index (κ3) is 7.39. The largest absolute Gasteiger partial charge is 0.486 e. The Morgan fingerprint density at radius 3 is 2.26 bits per heavy atom. The van der Waals surface area contributed by atoms with Crippen molar-refractivity contribution in [3.8, 4) is 11.5 Å². The number of carbonyl (C=O) groups is 2. The van der Waals surface area contributed by atoms with Crippen LogP contribution in [0.2, 0.25) is 0 Å². The first-order valence-corrected chi connectivity index (χ1v) is 15.3. The molecule has 0 aromatic heterocycles. The first kappa shape index (κ1) is 30.8. The zero-order valence-electron chi connectivity index (χ0n) is 24.0.